The Morgan fingerprint density at radius 3 is 2.71 bits per heavy atom. The fraction of sp³-hybridized carbons (Fsp3) is 0.462. The molecule has 1 aliphatic rings. The topological polar surface area (TPSA) is 46.5 Å². The van der Waals surface area contributed by atoms with Crippen LogP contribution in [-0.2, 0) is 4.79 Å². The zero-order valence-corrected chi connectivity index (χ0v) is 11.5. The van der Waals surface area contributed by atoms with Crippen molar-refractivity contribution in [2.24, 2.45) is 0 Å². The number of aryl methyl sites for hydroxylation is 1. The number of benzene rings is 1. The second-order valence-electron chi connectivity index (χ2n) is 4.54. The lowest BCUT2D eigenvalue weighted by molar-refractivity contribution is -0.138. The number of rotatable bonds is 4. The van der Waals surface area contributed by atoms with Crippen molar-refractivity contribution in [3.63, 3.8) is 0 Å². The Kier molecular flexibility index (Phi) is 3.43. The van der Waals surface area contributed by atoms with E-state index in [2.05, 4.69) is 15.9 Å². The van der Waals surface area contributed by atoms with Gasteiger partial charge in [-0.15, -0.1) is 0 Å². The number of hydrogen-bond donors (Lipinski definition) is 1. The SMILES string of the molecule is Cc1cc(Br)c(OC2CC2)c(C(C)C(=O)O)c1. The molecule has 1 unspecified atom stereocenters. The first-order valence-electron chi connectivity index (χ1n) is 5.68. The molecule has 92 valence electrons. The van der Waals surface area contributed by atoms with Crippen LogP contribution in [0.3, 0.4) is 0 Å². The molecule has 0 amide bonds. The van der Waals surface area contributed by atoms with Gasteiger partial charge in [0.1, 0.15) is 5.75 Å². The van der Waals surface area contributed by atoms with Crippen LogP contribution in [0.2, 0.25) is 0 Å². The minimum absolute atomic E-state index is 0.258. The second kappa shape index (κ2) is 4.69. The summed E-state index contributed by atoms with van der Waals surface area (Å²) >= 11 is 3.45. The molecule has 0 aromatic heterocycles. The standard InChI is InChI=1S/C13H15BrO3/c1-7-5-10(8(2)13(15)16)12(11(14)6-7)17-9-3-4-9/h5-6,8-9H,3-4H2,1-2H3,(H,15,16). The predicted octanol–water partition coefficient (Wildman–Crippen LogP) is 3.49. The number of hydrogen-bond acceptors (Lipinski definition) is 2. The molecule has 1 fully saturated rings. The highest BCUT2D eigenvalue weighted by atomic mass is 79.9. The first-order chi connectivity index (χ1) is 7.99. The van der Waals surface area contributed by atoms with Gasteiger partial charge in [-0.3, -0.25) is 4.79 Å². The van der Waals surface area contributed by atoms with Crippen LogP contribution in [0.15, 0.2) is 16.6 Å². The Hall–Kier alpha value is -1.03. The normalized spacial score (nSPS) is 16.6. The molecule has 2 rings (SSSR count). The molecular weight excluding hydrogens is 284 g/mol. The van der Waals surface area contributed by atoms with E-state index in [9.17, 15) is 4.79 Å². The van der Waals surface area contributed by atoms with Crippen molar-refractivity contribution in [1.82, 2.24) is 0 Å². The number of halogens is 1. The smallest absolute Gasteiger partial charge is 0.310 e. The maximum absolute atomic E-state index is 11.1. The molecule has 3 nitrogen and oxygen atoms in total. The van der Waals surface area contributed by atoms with E-state index in [1.165, 1.54) is 0 Å². The minimum atomic E-state index is -0.830. The minimum Gasteiger partial charge on any atom is -0.489 e. The van der Waals surface area contributed by atoms with Crippen molar-refractivity contribution in [1.29, 1.82) is 0 Å². The Balaban J connectivity index is 2.41. The number of ether oxygens (including phenoxy) is 1. The van der Waals surface area contributed by atoms with Crippen LogP contribution in [0.5, 0.6) is 5.75 Å². The Bertz CT molecular complexity index is 452. The molecule has 1 aromatic rings. The summed E-state index contributed by atoms with van der Waals surface area (Å²) in [5.41, 5.74) is 1.78. The van der Waals surface area contributed by atoms with E-state index in [1.54, 1.807) is 6.92 Å². The van der Waals surface area contributed by atoms with Crippen LogP contribution >= 0.6 is 15.9 Å². The first kappa shape index (κ1) is 12.4. The molecule has 1 N–H and O–H groups in total. The van der Waals surface area contributed by atoms with Gasteiger partial charge in [0.05, 0.1) is 16.5 Å². The number of carbonyl (C=O) groups is 1. The average Bonchev–Trinajstić information content (AvgIpc) is 3.04. The first-order valence-corrected chi connectivity index (χ1v) is 6.48. The third-order valence-electron chi connectivity index (χ3n) is 2.86. The van der Waals surface area contributed by atoms with E-state index >= 15 is 0 Å². The molecule has 1 atom stereocenters. The van der Waals surface area contributed by atoms with E-state index in [-0.39, 0.29) is 6.10 Å². The molecule has 0 heterocycles. The quantitative estimate of drug-likeness (QED) is 0.925. The van der Waals surface area contributed by atoms with Crippen molar-refractivity contribution in [2.75, 3.05) is 0 Å². The number of carboxylic acids is 1. The van der Waals surface area contributed by atoms with Gasteiger partial charge >= 0.3 is 5.97 Å². The highest BCUT2D eigenvalue weighted by Crippen LogP contribution is 2.39. The molecule has 0 saturated heterocycles. The average molecular weight is 299 g/mol. The lowest BCUT2D eigenvalue weighted by Crippen LogP contribution is -2.11. The van der Waals surface area contributed by atoms with E-state index in [4.69, 9.17) is 9.84 Å². The van der Waals surface area contributed by atoms with Gasteiger partial charge in [-0.25, -0.2) is 0 Å². The van der Waals surface area contributed by atoms with Crippen molar-refractivity contribution in [3.05, 3.63) is 27.7 Å². The highest BCUT2D eigenvalue weighted by Gasteiger charge is 2.28. The van der Waals surface area contributed by atoms with E-state index in [0.29, 0.717) is 5.75 Å². The lowest BCUT2D eigenvalue weighted by Gasteiger charge is -2.16. The summed E-state index contributed by atoms with van der Waals surface area (Å²) in [4.78, 5) is 11.1. The molecule has 0 aliphatic heterocycles. The predicted molar refractivity (Wildman–Crippen MR) is 68.6 cm³/mol. The van der Waals surface area contributed by atoms with Gasteiger partial charge in [-0.05, 0) is 54.2 Å². The molecular formula is C13H15BrO3. The van der Waals surface area contributed by atoms with Crippen molar-refractivity contribution in [2.45, 2.75) is 38.7 Å². The Morgan fingerprint density at radius 1 is 1.53 bits per heavy atom. The summed E-state index contributed by atoms with van der Waals surface area (Å²) in [6.45, 7) is 3.63. The molecule has 1 saturated carbocycles. The third-order valence-corrected chi connectivity index (χ3v) is 3.45. The van der Waals surface area contributed by atoms with Crippen LogP contribution in [0.25, 0.3) is 0 Å². The Labute approximate surface area is 109 Å². The van der Waals surface area contributed by atoms with Crippen molar-refractivity contribution >= 4 is 21.9 Å². The third kappa shape index (κ3) is 2.80. The van der Waals surface area contributed by atoms with Gasteiger partial charge in [0.15, 0.2) is 0 Å². The van der Waals surface area contributed by atoms with Crippen LogP contribution in [0.1, 0.15) is 36.8 Å². The number of carboxylic acid groups (broad SMARTS) is 1. The van der Waals surface area contributed by atoms with Gasteiger partial charge in [0.25, 0.3) is 0 Å². The van der Waals surface area contributed by atoms with Gasteiger partial charge in [0, 0.05) is 5.56 Å². The second-order valence-corrected chi connectivity index (χ2v) is 5.40. The molecule has 1 aromatic carbocycles. The molecule has 0 bridgehead atoms. The van der Waals surface area contributed by atoms with Gasteiger partial charge in [-0.1, -0.05) is 6.07 Å². The Morgan fingerprint density at radius 2 is 2.18 bits per heavy atom. The monoisotopic (exact) mass is 298 g/mol. The molecule has 0 radical (unpaired) electrons. The van der Waals surface area contributed by atoms with Crippen LogP contribution < -0.4 is 4.74 Å². The van der Waals surface area contributed by atoms with Crippen molar-refractivity contribution in [3.8, 4) is 5.75 Å². The summed E-state index contributed by atoms with van der Waals surface area (Å²) < 4.78 is 6.64. The molecule has 1 aliphatic carbocycles. The van der Waals surface area contributed by atoms with E-state index in [1.807, 2.05) is 19.1 Å². The largest absolute Gasteiger partial charge is 0.489 e. The van der Waals surface area contributed by atoms with Gasteiger partial charge in [-0.2, -0.15) is 0 Å². The molecule has 4 heteroatoms. The van der Waals surface area contributed by atoms with Gasteiger partial charge in [0.2, 0.25) is 0 Å². The van der Waals surface area contributed by atoms with E-state index < -0.39 is 11.9 Å². The summed E-state index contributed by atoms with van der Waals surface area (Å²) in [5.74, 6) is -0.698. The van der Waals surface area contributed by atoms with Crippen LogP contribution in [0.4, 0.5) is 0 Å². The number of aliphatic carboxylic acids is 1. The van der Waals surface area contributed by atoms with Crippen LogP contribution in [0, 0.1) is 6.92 Å². The van der Waals surface area contributed by atoms with Gasteiger partial charge < -0.3 is 9.84 Å². The summed E-state index contributed by atoms with van der Waals surface area (Å²) in [7, 11) is 0. The summed E-state index contributed by atoms with van der Waals surface area (Å²) in [6, 6.07) is 3.84. The van der Waals surface area contributed by atoms with E-state index in [0.717, 1.165) is 28.4 Å². The lowest BCUT2D eigenvalue weighted by atomic mass is 9.98. The fourth-order valence-electron chi connectivity index (χ4n) is 1.69. The zero-order valence-electron chi connectivity index (χ0n) is 9.87. The summed E-state index contributed by atoms with van der Waals surface area (Å²) in [6.07, 6.45) is 2.37. The summed E-state index contributed by atoms with van der Waals surface area (Å²) in [5, 5.41) is 9.12. The van der Waals surface area contributed by atoms with Crippen molar-refractivity contribution < 1.29 is 14.6 Å². The molecule has 17 heavy (non-hydrogen) atoms. The zero-order chi connectivity index (χ0) is 12.6. The highest BCUT2D eigenvalue weighted by molar-refractivity contribution is 9.10. The molecule has 0 spiro atoms. The maximum Gasteiger partial charge on any atom is 0.310 e. The maximum atomic E-state index is 11.1. The fourth-order valence-corrected chi connectivity index (χ4v) is 2.37. The van der Waals surface area contributed by atoms with Crippen LogP contribution in [-0.4, -0.2) is 17.2 Å².